The number of fused-ring (bicyclic) bond motifs is 2. The van der Waals surface area contributed by atoms with Crippen molar-refractivity contribution in [3.63, 3.8) is 0 Å². The molecule has 0 radical (unpaired) electrons. The van der Waals surface area contributed by atoms with Crippen LogP contribution < -0.4 is 10.5 Å². The van der Waals surface area contributed by atoms with E-state index < -0.39 is 0 Å². The molecule has 0 spiro atoms. The van der Waals surface area contributed by atoms with E-state index in [2.05, 4.69) is 38.2 Å². The van der Waals surface area contributed by atoms with Crippen molar-refractivity contribution in [2.45, 2.75) is 38.6 Å². The summed E-state index contributed by atoms with van der Waals surface area (Å²) in [6.45, 7) is 3.53. The first-order chi connectivity index (χ1) is 15.2. The Labute approximate surface area is 179 Å². The smallest absolute Gasteiger partial charge is 0.274 e. The van der Waals surface area contributed by atoms with Gasteiger partial charge in [-0.3, -0.25) is 14.8 Å². The number of aryl methyl sites for hydroxylation is 1. The van der Waals surface area contributed by atoms with E-state index in [4.69, 9.17) is 4.98 Å². The summed E-state index contributed by atoms with van der Waals surface area (Å²) in [5, 5.41) is 4.62. The van der Waals surface area contributed by atoms with Crippen LogP contribution in [0.3, 0.4) is 0 Å². The molecule has 6 rings (SSSR count). The van der Waals surface area contributed by atoms with Crippen molar-refractivity contribution in [3.8, 4) is 11.1 Å². The Hall–Kier alpha value is -3.61. The lowest BCUT2D eigenvalue weighted by atomic mass is 10.0. The molecule has 4 aromatic rings. The van der Waals surface area contributed by atoms with E-state index >= 15 is 0 Å². The van der Waals surface area contributed by atoms with E-state index in [1.54, 1.807) is 0 Å². The highest BCUT2D eigenvalue weighted by Crippen LogP contribution is 2.39. The molecule has 154 valence electrons. The van der Waals surface area contributed by atoms with Gasteiger partial charge in [0, 0.05) is 72.6 Å². The zero-order chi connectivity index (χ0) is 20.9. The van der Waals surface area contributed by atoms with Gasteiger partial charge in [0.25, 0.3) is 5.56 Å². The Morgan fingerprint density at radius 2 is 1.87 bits per heavy atom. The standard InChI is InChI=1S/C24H22N6O/c1-15-10-22-25-8-6-23(31)30(22)28-24(15)29-9-7-21-19(14-29)11-18(13-27-21)17-4-5-20(26-12-17)16-2-3-16/h4-6,8,10-13,16H,2-3,7,9,14H2,1H3. The Bertz CT molecular complexity index is 1360. The summed E-state index contributed by atoms with van der Waals surface area (Å²) in [7, 11) is 0. The first-order valence-corrected chi connectivity index (χ1v) is 10.7. The number of rotatable bonds is 3. The van der Waals surface area contributed by atoms with E-state index in [0.29, 0.717) is 18.1 Å². The average Bonchev–Trinajstić information content (AvgIpc) is 3.64. The molecule has 4 aromatic heterocycles. The number of hydrogen-bond acceptors (Lipinski definition) is 6. The lowest BCUT2D eigenvalue weighted by Gasteiger charge is -2.30. The molecule has 1 aliphatic heterocycles. The van der Waals surface area contributed by atoms with Gasteiger partial charge in [-0.25, -0.2) is 4.98 Å². The van der Waals surface area contributed by atoms with Crippen LogP contribution in [-0.4, -0.2) is 31.1 Å². The largest absolute Gasteiger partial charge is 0.350 e. The Morgan fingerprint density at radius 1 is 1.00 bits per heavy atom. The first-order valence-electron chi connectivity index (χ1n) is 10.7. The molecule has 1 fully saturated rings. The van der Waals surface area contributed by atoms with E-state index in [9.17, 15) is 4.79 Å². The molecule has 0 amide bonds. The van der Waals surface area contributed by atoms with Gasteiger partial charge in [0.1, 0.15) is 0 Å². The van der Waals surface area contributed by atoms with Gasteiger partial charge < -0.3 is 4.90 Å². The number of nitrogens with zero attached hydrogens (tertiary/aromatic N) is 6. The average molecular weight is 410 g/mol. The van der Waals surface area contributed by atoms with Gasteiger partial charge in [-0.05, 0) is 49.1 Å². The molecule has 1 aliphatic carbocycles. The van der Waals surface area contributed by atoms with Crippen molar-refractivity contribution in [2.75, 3.05) is 11.4 Å². The summed E-state index contributed by atoms with van der Waals surface area (Å²) in [4.78, 5) is 28.1. The van der Waals surface area contributed by atoms with Gasteiger partial charge in [-0.1, -0.05) is 6.07 Å². The zero-order valence-corrected chi connectivity index (χ0v) is 17.3. The molecule has 0 saturated heterocycles. The van der Waals surface area contributed by atoms with Crippen LogP contribution in [0.2, 0.25) is 0 Å². The maximum Gasteiger partial charge on any atom is 0.274 e. The van der Waals surface area contributed by atoms with Crippen LogP contribution in [0.25, 0.3) is 16.8 Å². The maximum absolute atomic E-state index is 12.2. The molecular weight excluding hydrogens is 388 g/mol. The van der Waals surface area contributed by atoms with Gasteiger partial charge in [0.2, 0.25) is 0 Å². The molecule has 31 heavy (non-hydrogen) atoms. The molecule has 5 heterocycles. The van der Waals surface area contributed by atoms with Gasteiger partial charge in [0.15, 0.2) is 11.5 Å². The minimum Gasteiger partial charge on any atom is -0.350 e. The summed E-state index contributed by atoms with van der Waals surface area (Å²) in [6.07, 6.45) is 8.80. The molecular formula is C24H22N6O. The SMILES string of the molecule is Cc1cc2nccc(=O)n2nc1N1CCc2ncc(-c3ccc(C4CC4)nc3)cc2C1. The Kier molecular flexibility index (Phi) is 4.09. The maximum atomic E-state index is 12.2. The molecule has 0 N–H and O–H groups in total. The third-order valence-corrected chi connectivity index (χ3v) is 6.20. The third kappa shape index (κ3) is 3.26. The number of hydrogen-bond donors (Lipinski definition) is 0. The van der Waals surface area contributed by atoms with Crippen molar-refractivity contribution >= 4 is 11.5 Å². The molecule has 1 saturated carbocycles. The molecule has 0 unspecified atom stereocenters. The van der Waals surface area contributed by atoms with Crippen LogP contribution in [0.1, 0.15) is 41.3 Å². The number of aromatic nitrogens is 5. The van der Waals surface area contributed by atoms with Crippen molar-refractivity contribution in [1.29, 1.82) is 0 Å². The van der Waals surface area contributed by atoms with Crippen molar-refractivity contribution in [3.05, 3.63) is 81.8 Å². The summed E-state index contributed by atoms with van der Waals surface area (Å²) in [5.41, 5.74) is 7.09. The predicted octanol–water partition coefficient (Wildman–Crippen LogP) is 3.30. The second-order valence-corrected chi connectivity index (χ2v) is 8.45. The molecule has 0 atom stereocenters. The summed E-state index contributed by atoms with van der Waals surface area (Å²) >= 11 is 0. The molecule has 2 aliphatic rings. The summed E-state index contributed by atoms with van der Waals surface area (Å²) in [6, 6.07) is 9.86. The van der Waals surface area contributed by atoms with E-state index in [-0.39, 0.29) is 5.56 Å². The van der Waals surface area contributed by atoms with Gasteiger partial charge in [0.05, 0.1) is 0 Å². The molecule has 0 bridgehead atoms. The van der Waals surface area contributed by atoms with Crippen LogP contribution in [-0.2, 0) is 13.0 Å². The first kappa shape index (κ1) is 18.2. The van der Waals surface area contributed by atoms with E-state index in [1.807, 2.05) is 25.4 Å². The van der Waals surface area contributed by atoms with Gasteiger partial charge in [-0.2, -0.15) is 4.52 Å². The quantitative estimate of drug-likeness (QED) is 0.516. The Balaban J connectivity index is 1.33. The monoisotopic (exact) mass is 410 g/mol. The van der Waals surface area contributed by atoms with Crippen LogP contribution >= 0.6 is 0 Å². The summed E-state index contributed by atoms with van der Waals surface area (Å²) in [5.74, 6) is 1.47. The third-order valence-electron chi connectivity index (χ3n) is 6.20. The van der Waals surface area contributed by atoms with Crippen molar-refractivity contribution in [1.82, 2.24) is 24.6 Å². The molecule has 0 aromatic carbocycles. The lowest BCUT2D eigenvalue weighted by Crippen LogP contribution is -2.33. The second-order valence-electron chi connectivity index (χ2n) is 8.45. The van der Waals surface area contributed by atoms with Crippen LogP contribution in [0, 0.1) is 6.92 Å². The zero-order valence-electron chi connectivity index (χ0n) is 17.3. The van der Waals surface area contributed by atoms with E-state index in [0.717, 1.165) is 41.2 Å². The van der Waals surface area contributed by atoms with Gasteiger partial charge >= 0.3 is 0 Å². The number of pyridine rings is 2. The fourth-order valence-electron chi connectivity index (χ4n) is 4.32. The topological polar surface area (TPSA) is 76.3 Å². The highest BCUT2D eigenvalue weighted by Gasteiger charge is 2.25. The van der Waals surface area contributed by atoms with Gasteiger partial charge in [-0.15, -0.1) is 5.10 Å². The molecule has 7 nitrogen and oxygen atoms in total. The normalized spacial score (nSPS) is 15.8. The van der Waals surface area contributed by atoms with Crippen molar-refractivity contribution in [2.24, 2.45) is 0 Å². The fraction of sp³-hybridized carbons (Fsp3) is 0.292. The highest BCUT2D eigenvalue weighted by atomic mass is 16.1. The minimum absolute atomic E-state index is 0.172. The van der Waals surface area contributed by atoms with E-state index in [1.165, 1.54) is 40.9 Å². The Morgan fingerprint density at radius 3 is 2.68 bits per heavy atom. The lowest BCUT2D eigenvalue weighted by molar-refractivity contribution is 0.685. The highest BCUT2D eigenvalue weighted by molar-refractivity contribution is 5.63. The van der Waals surface area contributed by atoms with Crippen LogP contribution in [0.5, 0.6) is 0 Å². The second kappa shape index (κ2) is 6.97. The molecule has 7 heteroatoms. The number of anilines is 1. The van der Waals surface area contributed by atoms with Crippen molar-refractivity contribution < 1.29 is 0 Å². The fourth-order valence-corrected chi connectivity index (χ4v) is 4.32. The predicted molar refractivity (Wildman–Crippen MR) is 118 cm³/mol. The van der Waals surface area contributed by atoms with Crippen LogP contribution in [0.4, 0.5) is 5.82 Å². The van der Waals surface area contributed by atoms with Crippen LogP contribution in [0.15, 0.2) is 53.7 Å². The summed E-state index contributed by atoms with van der Waals surface area (Å²) < 4.78 is 1.37. The minimum atomic E-state index is -0.172.